The largest absolute Gasteiger partial charge is 0.369 e. The molecule has 3 atom stereocenters. The Morgan fingerprint density at radius 3 is 2.26 bits per heavy atom. The van der Waals surface area contributed by atoms with Gasteiger partial charge in [0.2, 0.25) is 11.8 Å². The van der Waals surface area contributed by atoms with Gasteiger partial charge in [-0.1, -0.05) is 19.3 Å². The van der Waals surface area contributed by atoms with E-state index in [1.54, 1.807) is 0 Å². The van der Waals surface area contributed by atoms with Gasteiger partial charge in [0.05, 0.1) is 6.04 Å². The lowest BCUT2D eigenvalue weighted by atomic mass is 9.75. The average Bonchev–Trinajstić information content (AvgIpc) is 2.60. The van der Waals surface area contributed by atoms with Gasteiger partial charge in [-0.25, -0.2) is 0 Å². The number of amides is 2. The van der Waals surface area contributed by atoms with Crippen LogP contribution in [0.2, 0.25) is 0 Å². The Labute approximate surface area is 139 Å². The molecule has 2 saturated heterocycles. The van der Waals surface area contributed by atoms with Crippen LogP contribution in [-0.4, -0.2) is 53.8 Å². The van der Waals surface area contributed by atoms with Crippen molar-refractivity contribution >= 4 is 11.8 Å². The molecule has 2 amide bonds. The molecule has 3 fully saturated rings. The number of fused-ring (bicyclic) bond motifs is 1. The lowest BCUT2D eigenvalue weighted by Crippen LogP contribution is -2.54. The van der Waals surface area contributed by atoms with Gasteiger partial charge >= 0.3 is 0 Å². The minimum atomic E-state index is -0.218. The summed E-state index contributed by atoms with van der Waals surface area (Å²) in [6, 6.07) is -0.0250. The maximum atomic E-state index is 12.8. The van der Waals surface area contributed by atoms with E-state index in [0.29, 0.717) is 13.1 Å². The molecular weight excluding hydrogens is 290 g/mol. The summed E-state index contributed by atoms with van der Waals surface area (Å²) < 4.78 is 0. The number of nitrogens with two attached hydrogens (primary N) is 1. The first kappa shape index (κ1) is 16.7. The molecule has 130 valence electrons. The van der Waals surface area contributed by atoms with E-state index in [2.05, 4.69) is 11.8 Å². The molecule has 3 aliphatic rings. The van der Waals surface area contributed by atoms with Crippen molar-refractivity contribution in [1.29, 1.82) is 0 Å². The fraction of sp³-hybridized carbons (Fsp3) is 0.889. The van der Waals surface area contributed by atoms with Gasteiger partial charge in [0.25, 0.3) is 0 Å². The van der Waals surface area contributed by atoms with E-state index in [4.69, 9.17) is 5.73 Å². The third-order valence-electron chi connectivity index (χ3n) is 6.44. The Kier molecular flexibility index (Phi) is 5.24. The van der Waals surface area contributed by atoms with E-state index in [1.165, 1.54) is 32.1 Å². The van der Waals surface area contributed by atoms with Crippen LogP contribution in [0.5, 0.6) is 0 Å². The summed E-state index contributed by atoms with van der Waals surface area (Å²) >= 11 is 0. The number of hydrogen-bond acceptors (Lipinski definition) is 3. The van der Waals surface area contributed by atoms with Crippen molar-refractivity contribution in [3.63, 3.8) is 0 Å². The fourth-order valence-electron chi connectivity index (χ4n) is 4.79. The first-order valence-electron chi connectivity index (χ1n) is 9.38. The van der Waals surface area contributed by atoms with Crippen molar-refractivity contribution < 1.29 is 9.59 Å². The van der Waals surface area contributed by atoms with Crippen LogP contribution in [0.1, 0.15) is 51.9 Å². The maximum Gasteiger partial charge on any atom is 0.239 e. The van der Waals surface area contributed by atoms with Crippen molar-refractivity contribution in [3.8, 4) is 0 Å². The Balaban J connectivity index is 1.52. The van der Waals surface area contributed by atoms with Crippen LogP contribution in [-0.2, 0) is 9.59 Å². The summed E-state index contributed by atoms with van der Waals surface area (Å²) in [6.07, 6.45) is 8.18. The quantitative estimate of drug-likeness (QED) is 0.859. The number of rotatable bonds is 3. The molecular formula is C18H31N3O2. The molecule has 1 aliphatic carbocycles. The molecule has 5 heteroatoms. The van der Waals surface area contributed by atoms with Crippen LogP contribution in [0.15, 0.2) is 0 Å². The van der Waals surface area contributed by atoms with Crippen LogP contribution in [0.25, 0.3) is 0 Å². The van der Waals surface area contributed by atoms with Gasteiger partial charge in [-0.15, -0.1) is 0 Å². The lowest BCUT2D eigenvalue weighted by Gasteiger charge is -2.44. The number of likely N-dealkylation sites (tertiary alicyclic amines) is 2. The molecule has 1 saturated carbocycles. The van der Waals surface area contributed by atoms with Gasteiger partial charge < -0.3 is 10.6 Å². The molecule has 2 N–H and O–H groups in total. The van der Waals surface area contributed by atoms with Crippen LogP contribution in [0.3, 0.4) is 0 Å². The van der Waals surface area contributed by atoms with Crippen LogP contribution in [0, 0.1) is 17.8 Å². The molecule has 3 rings (SSSR count). The normalized spacial score (nSPS) is 31.4. The van der Waals surface area contributed by atoms with Crippen LogP contribution < -0.4 is 5.73 Å². The summed E-state index contributed by atoms with van der Waals surface area (Å²) in [6.45, 7) is 5.57. The Bertz CT molecular complexity index is 446. The third kappa shape index (κ3) is 3.70. The van der Waals surface area contributed by atoms with Gasteiger partial charge in [0.15, 0.2) is 0 Å². The van der Waals surface area contributed by atoms with Gasteiger partial charge in [0.1, 0.15) is 0 Å². The molecule has 0 bridgehead atoms. The standard InChI is InChI=1S/C18H31N3O2/c1-13(18(23)20-9-7-15(8-10-20)17(19)22)21-11-6-14-4-2-3-5-16(14)12-21/h13-16H,2-12H2,1H3,(H2,19,22). The molecule has 0 spiro atoms. The monoisotopic (exact) mass is 321 g/mol. The number of carbonyl (C=O) groups is 2. The lowest BCUT2D eigenvalue weighted by molar-refractivity contribution is -0.140. The topological polar surface area (TPSA) is 66.6 Å². The van der Waals surface area contributed by atoms with Crippen molar-refractivity contribution in [2.24, 2.45) is 23.5 Å². The van der Waals surface area contributed by atoms with Gasteiger partial charge in [0, 0.05) is 25.6 Å². The molecule has 2 heterocycles. The second kappa shape index (κ2) is 7.20. The second-order valence-corrected chi connectivity index (χ2v) is 7.77. The molecule has 3 unspecified atom stereocenters. The zero-order valence-corrected chi connectivity index (χ0v) is 14.4. The average molecular weight is 321 g/mol. The molecule has 0 aromatic carbocycles. The number of carbonyl (C=O) groups excluding carboxylic acids is 2. The van der Waals surface area contributed by atoms with E-state index in [-0.39, 0.29) is 23.8 Å². The minimum Gasteiger partial charge on any atom is -0.369 e. The fourth-order valence-corrected chi connectivity index (χ4v) is 4.79. The van der Waals surface area contributed by atoms with Gasteiger partial charge in [-0.05, 0) is 51.0 Å². The molecule has 0 aromatic heterocycles. The summed E-state index contributed by atoms with van der Waals surface area (Å²) in [5.74, 6) is 1.67. The Hall–Kier alpha value is -1.10. The highest BCUT2D eigenvalue weighted by Crippen LogP contribution is 2.36. The van der Waals surface area contributed by atoms with E-state index in [9.17, 15) is 9.59 Å². The second-order valence-electron chi connectivity index (χ2n) is 7.77. The Morgan fingerprint density at radius 1 is 0.957 bits per heavy atom. The number of primary amides is 1. The molecule has 23 heavy (non-hydrogen) atoms. The highest BCUT2D eigenvalue weighted by molar-refractivity contribution is 5.82. The minimum absolute atomic E-state index is 0.0250. The van der Waals surface area contributed by atoms with Crippen molar-refractivity contribution in [2.45, 2.75) is 57.9 Å². The molecule has 2 aliphatic heterocycles. The predicted octanol–water partition coefficient (Wildman–Crippen LogP) is 1.61. The number of nitrogens with zero attached hydrogens (tertiary/aromatic N) is 2. The van der Waals surface area contributed by atoms with Gasteiger partial charge in [-0.3, -0.25) is 14.5 Å². The summed E-state index contributed by atoms with van der Waals surface area (Å²) in [5, 5.41) is 0. The summed E-state index contributed by atoms with van der Waals surface area (Å²) in [4.78, 5) is 28.4. The van der Waals surface area contributed by atoms with E-state index in [0.717, 1.165) is 37.8 Å². The first-order chi connectivity index (χ1) is 11.1. The van der Waals surface area contributed by atoms with E-state index < -0.39 is 0 Å². The SMILES string of the molecule is CC(C(=O)N1CCC(C(N)=O)CC1)N1CCC2CCCCC2C1. The number of piperidine rings is 2. The molecule has 0 aromatic rings. The third-order valence-corrected chi connectivity index (χ3v) is 6.44. The highest BCUT2D eigenvalue weighted by atomic mass is 16.2. The van der Waals surface area contributed by atoms with E-state index in [1.807, 2.05) is 4.90 Å². The van der Waals surface area contributed by atoms with Gasteiger partial charge in [-0.2, -0.15) is 0 Å². The highest BCUT2D eigenvalue weighted by Gasteiger charge is 2.36. The van der Waals surface area contributed by atoms with Crippen LogP contribution in [0.4, 0.5) is 0 Å². The summed E-state index contributed by atoms with van der Waals surface area (Å²) in [5.41, 5.74) is 5.38. The molecule has 5 nitrogen and oxygen atoms in total. The number of hydrogen-bond donors (Lipinski definition) is 1. The smallest absolute Gasteiger partial charge is 0.239 e. The zero-order chi connectivity index (χ0) is 16.4. The first-order valence-corrected chi connectivity index (χ1v) is 9.38. The van der Waals surface area contributed by atoms with Crippen molar-refractivity contribution in [2.75, 3.05) is 26.2 Å². The van der Waals surface area contributed by atoms with E-state index >= 15 is 0 Å². The molecule has 0 radical (unpaired) electrons. The Morgan fingerprint density at radius 2 is 1.61 bits per heavy atom. The maximum absolute atomic E-state index is 12.8. The predicted molar refractivity (Wildman–Crippen MR) is 89.6 cm³/mol. The van der Waals surface area contributed by atoms with Crippen molar-refractivity contribution in [3.05, 3.63) is 0 Å². The van der Waals surface area contributed by atoms with Crippen molar-refractivity contribution in [1.82, 2.24) is 9.80 Å². The zero-order valence-electron chi connectivity index (χ0n) is 14.4. The summed E-state index contributed by atoms with van der Waals surface area (Å²) in [7, 11) is 0. The van der Waals surface area contributed by atoms with Crippen LogP contribution >= 0.6 is 0 Å².